The first-order valence-corrected chi connectivity index (χ1v) is 6.54. The largest absolute Gasteiger partial charge is 0.320 e. The highest BCUT2D eigenvalue weighted by molar-refractivity contribution is 5.96. The topological polar surface area (TPSA) is 98.3 Å². The van der Waals surface area contributed by atoms with Gasteiger partial charge in [-0.3, -0.25) is 14.9 Å². The molecule has 0 aliphatic rings. The van der Waals surface area contributed by atoms with Crippen LogP contribution >= 0.6 is 0 Å². The molecule has 6 heteroatoms. The Balaban J connectivity index is 2.99. The van der Waals surface area contributed by atoms with Crippen LogP contribution in [0.3, 0.4) is 0 Å². The molecule has 1 atom stereocenters. The van der Waals surface area contributed by atoms with Crippen molar-refractivity contribution in [1.29, 1.82) is 0 Å². The predicted octanol–water partition coefficient (Wildman–Crippen LogP) is 2.52. The fraction of sp³-hybridized carbons (Fsp3) is 0.500. The highest BCUT2D eigenvalue weighted by Gasteiger charge is 2.21. The minimum absolute atomic E-state index is 0.113. The molecular formula is C14H21N3O3. The van der Waals surface area contributed by atoms with E-state index in [1.165, 1.54) is 6.07 Å². The number of hydrogen-bond acceptors (Lipinski definition) is 4. The average Bonchev–Trinajstić information content (AvgIpc) is 2.32. The number of nitro benzene ring substituents is 1. The van der Waals surface area contributed by atoms with Gasteiger partial charge in [0, 0.05) is 6.07 Å². The van der Waals surface area contributed by atoms with Crippen LogP contribution in [-0.2, 0) is 4.79 Å². The number of hydrogen-bond donors (Lipinski definition) is 2. The maximum absolute atomic E-state index is 12.0. The van der Waals surface area contributed by atoms with Gasteiger partial charge in [0.2, 0.25) is 5.91 Å². The molecular weight excluding hydrogens is 258 g/mol. The molecule has 110 valence electrons. The standard InChI is InChI=1S/C14H21N3O3/c1-8(2)5-11(15)14(18)16-12-6-9(3)10(4)7-13(12)17(19)20/h6-8,11H,5,15H2,1-4H3,(H,16,18)/t11-/m0/s1. The number of nitro groups is 1. The van der Waals surface area contributed by atoms with Crippen LogP contribution in [0.15, 0.2) is 12.1 Å². The van der Waals surface area contributed by atoms with E-state index < -0.39 is 16.9 Å². The number of nitrogens with zero attached hydrogens (tertiary/aromatic N) is 1. The molecule has 3 N–H and O–H groups in total. The van der Waals surface area contributed by atoms with E-state index in [-0.39, 0.29) is 17.3 Å². The van der Waals surface area contributed by atoms with E-state index in [9.17, 15) is 14.9 Å². The molecule has 1 amide bonds. The molecule has 0 bridgehead atoms. The molecule has 0 aliphatic heterocycles. The molecule has 0 unspecified atom stereocenters. The van der Waals surface area contributed by atoms with Crippen molar-refractivity contribution >= 4 is 17.3 Å². The summed E-state index contributed by atoms with van der Waals surface area (Å²) in [6.45, 7) is 7.55. The first-order valence-electron chi connectivity index (χ1n) is 6.54. The van der Waals surface area contributed by atoms with Gasteiger partial charge in [-0.1, -0.05) is 13.8 Å². The van der Waals surface area contributed by atoms with Crippen molar-refractivity contribution in [3.63, 3.8) is 0 Å². The lowest BCUT2D eigenvalue weighted by Crippen LogP contribution is -2.36. The number of aryl methyl sites for hydroxylation is 2. The molecule has 1 rings (SSSR count). The number of anilines is 1. The number of carbonyl (C=O) groups is 1. The average molecular weight is 279 g/mol. The SMILES string of the molecule is Cc1cc(NC(=O)[C@@H](N)CC(C)C)c([N+](=O)[O-])cc1C. The van der Waals surface area contributed by atoms with Gasteiger partial charge in [-0.15, -0.1) is 0 Å². The lowest BCUT2D eigenvalue weighted by atomic mass is 10.0. The summed E-state index contributed by atoms with van der Waals surface area (Å²) in [5.41, 5.74) is 7.55. The zero-order valence-corrected chi connectivity index (χ0v) is 12.3. The van der Waals surface area contributed by atoms with Crippen LogP contribution in [0.5, 0.6) is 0 Å². The van der Waals surface area contributed by atoms with E-state index in [0.29, 0.717) is 6.42 Å². The van der Waals surface area contributed by atoms with E-state index in [4.69, 9.17) is 5.73 Å². The Morgan fingerprint density at radius 2 is 1.90 bits per heavy atom. The Morgan fingerprint density at radius 1 is 1.35 bits per heavy atom. The Labute approximate surface area is 118 Å². The summed E-state index contributed by atoms with van der Waals surface area (Å²) in [7, 11) is 0. The van der Waals surface area contributed by atoms with Crippen molar-refractivity contribution in [3.8, 4) is 0 Å². The van der Waals surface area contributed by atoms with Gasteiger partial charge in [-0.05, 0) is 43.4 Å². The third-order valence-electron chi connectivity index (χ3n) is 3.13. The molecule has 20 heavy (non-hydrogen) atoms. The van der Waals surface area contributed by atoms with E-state index in [0.717, 1.165) is 11.1 Å². The molecule has 1 aromatic carbocycles. The fourth-order valence-electron chi connectivity index (χ4n) is 1.89. The third kappa shape index (κ3) is 4.03. The second-order valence-electron chi connectivity index (χ2n) is 5.44. The molecule has 0 saturated heterocycles. The minimum atomic E-state index is -0.670. The summed E-state index contributed by atoms with van der Waals surface area (Å²) < 4.78 is 0. The summed E-state index contributed by atoms with van der Waals surface area (Å²) in [4.78, 5) is 22.5. The quantitative estimate of drug-likeness (QED) is 0.639. The second kappa shape index (κ2) is 6.47. The Morgan fingerprint density at radius 3 is 2.40 bits per heavy atom. The van der Waals surface area contributed by atoms with E-state index in [1.54, 1.807) is 13.0 Å². The van der Waals surface area contributed by atoms with Gasteiger partial charge in [-0.2, -0.15) is 0 Å². The first kappa shape index (κ1) is 16.1. The van der Waals surface area contributed by atoms with Crippen LogP contribution in [-0.4, -0.2) is 16.9 Å². The van der Waals surface area contributed by atoms with E-state index in [2.05, 4.69) is 5.32 Å². The van der Waals surface area contributed by atoms with Crippen LogP contribution in [0.25, 0.3) is 0 Å². The van der Waals surface area contributed by atoms with Gasteiger partial charge in [0.25, 0.3) is 5.69 Å². The number of nitrogens with two attached hydrogens (primary N) is 1. The Kier molecular flexibility index (Phi) is 5.21. The van der Waals surface area contributed by atoms with Gasteiger partial charge in [0.15, 0.2) is 0 Å². The summed E-state index contributed by atoms with van der Waals surface area (Å²) in [6, 6.07) is 2.39. The summed E-state index contributed by atoms with van der Waals surface area (Å²) in [5.74, 6) is -0.115. The maximum Gasteiger partial charge on any atom is 0.293 e. The molecule has 0 heterocycles. The summed E-state index contributed by atoms with van der Waals surface area (Å²) in [6.07, 6.45) is 0.532. The first-order chi connectivity index (χ1) is 9.22. The molecule has 6 nitrogen and oxygen atoms in total. The van der Waals surface area contributed by atoms with Crippen LogP contribution in [0.2, 0.25) is 0 Å². The molecule has 0 aromatic heterocycles. The number of nitrogens with one attached hydrogen (secondary N) is 1. The van der Waals surface area contributed by atoms with Crippen molar-refractivity contribution in [2.75, 3.05) is 5.32 Å². The van der Waals surface area contributed by atoms with Gasteiger partial charge in [0.05, 0.1) is 11.0 Å². The molecule has 0 spiro atoms. The highest BCUT2D eigenvalue weighted by atomic mass is 16.6. The number of amides is 1. The monoisotopic (exact) mass is 279 g/mol. The number of benzene rings is 1. The number of carbonyl (C=O) groups excluding carboxylic acids is 1. The van der Waals surface area contributed by atoms with Crippen molar-refractivity contribution in [3.05, 3.63) is 33.4 Å². The molecule has 0 fully saturated rings. The Bertz CT molecular complexity index is 527. The van der Waals surface area contributed by atoms with Crippen LogP contribution in [0.1, 0.15) is 31.4 Å². The van der Waals surface area contributed by atoms with Crippen LogP contribution < -0.4 is 11.1 Å². The predicted molar refractivity (Wildman–Crippen MR) is 78.6 cm³/mol. The van der Waals surface area contributed by atoms with Gasteiger partial charge in [-0.25, -0.2) is 0 Å². The van der Waals surface area contributed by atoms with E-state index in [1.807, 2.05) is 20.8 Å². The van der Waals surface area contributed by atoms with Crippen molar-refractivity contribution in [1.82, 2.24) is 0 Å². The normalized spacial score (nSPS) is 12.3. The lowest BCUT2D eigenvalue weighted by molar-refractivity contribution is -0.384. The van der Waals surface area contributed by atoms with Crippen molar-refractivity contribution < 1.29 is 9.72 Å². The zero-order chi connectivity index (χ0) is 15.4. The summed E-state index contributed by atoms with van der Waals surface area (Å²) in [5, 5.41) is 13.6. The highest BCUT2D eigenvalue weighted by Crippen LogP contribution is 2.28. The summed E-state index contributed by atoms with van der Waals surface area (Å²) >= 11 is 0. The van der Waals surface area contributed by atoms with Crippen molar-refractivity contribution in [2.24, 2.45) is 11.7 Å². The molecule has 0 radical (unpaired) electrons. The van der Waals surface area contributed by atoms with Gasteiger partial charge in [0.1, 0.15) is 5.69 Å². The minimum Gasteiger partial charge on any atom is -0.320 e. The van der Waals surface area contributed by atoms with Gasteiger partial charge < -0.3 is 11.1 Å². The van der Waals surface area contributed by atoms with Crippen LogP contribution in [0.4, 0.5) is 11.4 Å². The van der Waals surface area contributed by atoms with Crippen molar-refractivity contribution in [2.45, 2.75) is 40.2 Å². The van der Waals surface area contributed by atoms with E-state index >= 15 is 0 Å². The third-order valence-corrected chi connectivity index (χ3v) is 3.13. The Hall–Kier alpha value is -1.95. The second-order valence-corrected chi connectivity index (χ2v) is 5.44. The molecule has 0 saturated carbocycles. The van der Waals surface area contributed by atoms with Gasteiger partial charge >= 0.3 is 0 Å². The molecule has 1 aromatic rings. The van der Waals surface area contributed by atoms with Crippen LogP contribution in [0, 0.1) is 29.9 Å². The smallest absolute Gasteiger partial charge is 0.293 e. The molecule has 0 aliphatic carbocycles. The zero-order valence-electron chi connectivity index (χ0n) is 12.3. The maximum atomic E-state index is 12.0. The number of rotatable bonds is 5. The fourth-order valence-corrected chi connectivity index (χ4v) is 1.89. The lowest BCUT2D eigenvalue weighted by Gasteiger charge is -2.15.